The van der Waals surface area contributed by atoms with E-state index in [2.05, 4.69) is 20.0 Å². The average Bonchev–Trinajstić information content (AvgIpc) is 2.72. The van der Waals surface area contributed by atoms with Crippen LogP contribution in [0, 0.1) is 0 Å². The van der Waals surface area contributed by atoms with Crippen molar-refractivity contribution in [2.24, 2.45) is 0 Å². The third kappa shape index (κ3) is 7.56. The van der Waals surface area contributed by atoms with Crippen molar-refractivity contribution in [3.05, 3.63) is 30.3 Å². The molecule has 0 saturated carbocycles. The molecule has 7 heteroatoms. The van der Waals surface area contributed by atoms with Gasteiger partial charge in [-0.15, -0.1) is 0 Å². The summed E-state index contributed by atoms with van der Waals surface area (Å²) in [5.41, 5.74) is 0.851. The van der Waals surface area contributed by atoms with E-state index in [0.717, 1.165) is 84.5 Å². The summed E-state index contributed by atoms with van der Waals surface area (Å²) in [6, 6.07) is 9.66. The van der Waals surface area contributed by atoms with Crippen LogP contribution >= 0.6 is 0 Å². The van der Waals surface area contributed by atoms with E-state index in [1.165, 1.54) is 0 Å². The van der Waals surface area contributed by atoms with Crippen molar-refractivity contribution in [1.29, 1.82) is 0 Å². The van der Waals surface area contributed by atoms with Gasteiger partial charge in [0.2, 0.25) is 5.91 Å². The molecule has 0 spiro atoms. The molecule has 2 aliphatic rings. The highest BCUT2D eigenvalue weighted by Crippen LogP contribution is 2.06. The van der Waals surface area contributed by atoms with Crippen molar-refractivity contribution in [2.45, 2.75) is 0 Å². The largest absolute Gasteiger partial charge is 0.379 e. The Morgan fingerprint density at radius 2 is 1.41 bits per heavy atom. The van der Waals surface area contributed by atoms with E-state index in [1.807, 2.05) is 30.3 Å². The minimum atomic E-state index is 0.0464. The lowest BCUT2D eigenvalue weighted by Crippen LogP contribution is -2.46. The Bertz CT molecular complexity index is 523. The minimum Gasteiger partial charge on any atom is -0.379 e. The van der Waals surface area contributed by atoms with Crippen LogP contribution < -0.4 is 5.32 Å². The second-order valence-corrected chi connectivity index (χ2v) is 7.10. The molecule has 150 valence electrons. The van der Waals surface area contributed by atoms with Crippen LogP contribution in [0.3, 0.4) is 0 Å². The number of nitrogens with zero attached hydrogens (tertiary/aromatic N) is 3. The zero-order chi connectivity index (χ0) is 18.7. The van der Waals surface area contributed by atoms with Gasteiger partial charge in [-0.05, 0) is 12.1 Å². The topological polar surface area (TPSA) is 57.3 Å². The van der Waals surface area contributed by atoms with Crippen LogP contribution in [0.4, 0.5) is 5.69 Å². The van der Waals surface area contributed by atoms with Crippen LogP contribution in [0.25, 0.3) is 0 Å². The predicted octanol–water partition coefficient (Wildman–Crippen LogP) is 0.592. The van der Waals surface area contributed by atoms with Crippen LogP contribution in [-0.2, 0) is 14.3 Å². The van der Waals surface area contributed by atoms with E-state index in [0.29, 0.717) is 6.54 Å². The fraction of sp³-hybridized carbons (Fsp3) is 0.650. The zero-order valence-electron chi connectivity index (χ0n) is 16.1. The number of benzene rings is 1. The summed E-state index contributed by atoms with van der Waals surface area (Å²) >= 11 is 0. The number of carbonyl (C=O) groups is 1. The van der Waals surface area contributed by atoms with Crippen LogP contribution in [0.5, 0.6) is 0 Å². The molecule has 0 aromatic heterocycles. The van der Waals surface area contributed by atoms with Crippen molar-refractivity contribution in [3.8, 4) is 0 Å². The number of nitrogens with one attached hydrogen (secondary N) is 1. The second kappa shape index (κ2) is 11.4. The third-order valence-electron chi connectivity index (χ3n) is 5.10. The Balaban J connectivity index is 1.48. The van der Waals surface area contributed by atoms with Gasteiger partial charge in [-0.1, -0.05) is 18.2 Å². The first-order chi connectivity index (χ1) is 13.3. The van der Waals surface area contributed by atoms with Gasteiger partial charge in [-0.25, -0.2) is 0 Å². The highest BCUT2D eigenvalue weighted by molar-refractivity contribution is 5.92. The molecule has 0 aliphatic carbocycles. The standard InChI is InChI=1S/C20H32N4O3/c25-20(21-19-4-2-1-3-5-19)18-24(8-6-22-10-14-26-15-11-22)9-7-23-12-16-27-17-13-23/h1-5H,6-18H2,(H,21,25). The molecule has 3 rings (SSSR count). The molecule has 0 unspecified atom stereocenters. The summed E-state index contributed by atoms with van der Waals surface area (Å²) in [7, 11) is 0. The lowest BCUT2D eigenvalue weighted by Gasteiger charge is -2.32. The predicted molar refractivity (Wildman–Crippen MR) is 106 cm³/mol. The lowest BCUT2D eigenvalue weighted by molar-refractivity contribution is -0.117. The first kappa shape index (κ1) is 20.2. The Morgan fingerprint density at radius 1 is 0.889 bits per heavy atom. The van der Waals surface area contributed by atoms with E-state index in [1.54, 1.807) is 0 Å². The van der Waals surface area contributed by atoms with Gasteiger partial charge >= 0.3 is 0 Å². The maximum absolute atomic E-state index is 12.5. The number of para-hydroxylation sites is 1. The quantitative estimate of drug-likeness (QED) is 0.681. The minimum absolute atomic E-state index is 0.0464. The Hall–Kier alpha value is -1.51. The third-order valence-corrected chi connectivity index (χ3v) is 5.10. The van der Waals surface area contributed by atoms with E-state index < -0.39 is 0 Å². The fourth-order valence-corrected chi connectivity index (χ4v) is 3.41. The number of rotatable bonds is 9. The molecule has 2 heterocycles. The molecule has 0 bridgehead atoms. The molecular formula is C20H32N4O3. The Kier molecular flexibility index (Phi) is 8.51. The smallest absolute Gasteiger partial charge is 0.238 e. The molecule has 2 aliphatic heterocycles. The van der Waals surface area contributed by atoms with E-state index in [-0.39, 0.29) is 5.91 Å². The first-order valence-corrected chi connectivity index (χ1v) is 9.97. The van der Waals surface area contributed by atoms with Crippen molar-refractivity contribution in [1.82, 2.24) is 14.7 Å². The van der Waals surface area contributed by atoms with E-state index in [9.17, 15) is 4.79 Å². The summed E-state index contributed by atoms with van der Waals surface area (Å²) in [5.74, 6) is 0.0464. The second-order valence-electron chi connectivity index (χ2n) is 7.10. The number of ether oxygens (including phenoxy) is 2. The molecule has 0 atom stereocenters. The molecule has 1 aromatic rings. The van der Waals surface area contributed by atoms with Crippen LogP contribution in [-0.4, -0.2) is 106 Å². The molecule has 1 aromatic carbocycles. The van der Waals surface area contributed by atoms with Crippen molar-refractivity contribution in [3.63, 3.8) is 0 Å². The number of hydrogen-bond acceptors (Lipinski definition) is 6. The summed E-state index contributed by atoms with van der Waals surface area (Å²) in [6.45, 7) is 11.3. The monoisotopic (exact) mass is 376 g/mol. The highest BCUT2D eigenvalue weighted by atomic mass is 16.5. The Labute approximate surface area is 162 Å². The normalized spacial score (nSPS) is 19.3. The Morgan fingerprint density at radius 3 is 1.93 bits per heavy atom. The van der Waals surface area contributed by atoms with Gasteiger partial charge < -0.3 is 14.8 Å². The van der Waals surface area contributed by atoms with E-state index in [4.69, 9.17) is 9.47 Å². The number of hydrogen-bond donors (Lipinski definition) is 1. The number of amides is 1. The summed E-state index contributed by atoms with van der Waals surface area (Å²) in [5, 5.41) is 3.00. The van der Waals surface area contributed by atoms with Crippen LogP contribution in [0.2, 0.25) is 0 Å². The first-order valence-electron chi connectivity index (χ1n) is 9.97. The average molecular weight is 377 g/mol. The number of morpholine rings is 2. The molecule has 27 heavy (non-hydrogen) atoms. The van der Waals surface area contributed by atoms with Crippen molar-refractivity contribution >= 4 is 11.6 Å². The van der Waals surface area contributed by atoms with Gasteiger partial charge in [-0.3, -0.25) is 19.5 Å². The van der Waals surface area contributed by atoms with Gasteiger partial charge in [0.05, 0.1) is 33.0 Å². The summed E-state index contributed by atoms with van der Waals surface area (Å²) in [6.07, 6.45) is 0. The van der Waals surface area contributed by atoms with Gasteiger partial charge in [0.15, 0.2) is 0 Å². The van der Waals surface area contributed by atoms with Gasteiger partial charge in [0.25, 0.3) is 0 Å². The number of carbonyl (C=O) groups excluding carboxylic acids is 1. The molecule has 1 amide bonds. The molecule has 0 radical (unpaired) electrons. The fourth-order valence-electron chi connectivity index (χ4n) is 3.41. The summed E-state index contributed by atoms with van der Waals surface area (Å²) < 4.78 is 10.9. The zero-order valence-corrected chi connectivity index (χ0v) is 16.1. The van der Waals surface area contributed by atoms with Crippen LogP contribution in [0.15, 0.2) is 30.3 Å². The van der Waals surface area contributed by atoms with Crippen molar-refractivity contribution in [2.75, 3.05) is 90.6 Å². The summed E-state index contributed by atoms with van der Waals surface area (Å²) in [4.78, 5) is 19.6. The van der Waals surface area contributed by atoms with Gasteiger partial charge in [-0.2, -0.15) is 0 Å². The van der Waals surface area contributed by atoms with E-state index >= 15 is 0 Å². The maximum atomic E-state index is 12.5. The van der Waals surface area contributed by atoms with Crippen LogP contribution in [0.1, 0.15) is 0 Å². The van der Waals surface area contributed by atoms with Crippen molar-refractivity contribution < 1.29 is 14.3 Å². The maximum Gasteiger partial charge on any atom is 0.238 e. The molecule has 1 N–H and O–H groups in total. The van der Waals surface area contributed by atoms with Gasteiger partial charge in [0.1, 0.15) is 0 Å². The SMILES string of the molecule is O=C(CN(CCN1CCOCC1)CCN1CCOCC1)Nc1ccccc1. The lowest BCUT2D eigenvalue weighted by atomic mass is 10.3. The molecule has 7 nitrogen and oxygen atoms in total. The van der Waals surface area contributed by atoms with Gasteiger partial charge in [0, 0.05) is 58.0 Å². The molecular weight excluding hydrogens is 344 g/mol. The number of anilines is 1. The highest BCUT2D eigenvalue weighted by Gasteiger charge is 2.17. The molecule has 2 fully saturated rings. The molecule has 2 saturated heterocycles.